The first kappa shape index (κ1) is 29.1. The van der Waals surface area contributed by atoms with Crippen LogP contribution in [0.2, 0.25) is 0 Å². The van der Waals surface area contributed by atoms with Gasteiger partial charge in [-0.25, -0.2) is 9.59 Å². The maximum atomic E-state index is 13.0. The molecule has 1 N–H and O–H groups in total. The molecule has 3 aromatic rings. The maximum Gasteiger partial charge on any atom is 0.364 e. The number of carbonyl (C=O) groups excluding carboxylic acids is 1. The molecule has 2 fully saturated rings. The fourth-order valence-electron chi connectivity index (χ4n) is 6.24. The van der Waals surface area contributed by atoms with Gasteiger partial charge in [-0.05, 0) is 109 Å². The molecule has 9 nitrogen and oxygen atoms in total. The summed E-state index contributed by atoms with van der Waals surface area (Å²) >= 11 is 3.46. The fourth-order valence-corrected chi connectivity index (χ4v) is 6.76. The van der Waals surface area contributed by atoms with Crippen LogP contribution in [0.3, 0.4) is 0 Å². The summed E-state index contributed by atoms with van der Waals surface area (Å²) in [5.41, 5.74) is -0.155. The van der Waals surface area contributed by atoms with Crippen LogP contribution in [0.4, 0.5) is 0 Å². The second kappa shape index (κ2) is 12.6. The smallest absolute Gasteiger partial charge is 0.364 e. The Kier molecular flexibility index (Phi) is 8.97. The molecule has 0 atom stereocenters. The summed E-state index contributed by atoms with van der Waals surface area (Å²) in [6.45, 7) is 3.69. The minimum atomic E-state index is -0.856. The van der Waals surface area contributed by atoms with Gasteiger partial charge in [0.1, 0.15) is 23.4 Å². The Balaban J connectivity index is 1.31. The number of halogens is 1. The third kappa shape index (κ3) is 6.58. The fraction of sp³-hybridized carbons (Fsp3) is 0.484. The molecule has 0 bridgehead atoms. The zero-order valence-corrected chi connectivity index (χ0v) is 25.3. The lowest BCUT2D eigenvalue weighted by Gasteiger charge is -2.35. The molecule has 1 heterocycles. The van der Waals surface area contributed by atoms with E-state index >= 15 is 0 Å². The normalized spacial score (nSPS) is 19.5. The molecule has 218 valence electrons. The average Bonchev–Trinajstić information content (AvgIpc) is 2.96. The van der Waals surface area contributed by atoms with Crippen LogP contribution in [0, 0.1) is 25.7 Å². The summed E-state index contributed by atoms with van der Waals surface area (Å²) in [6.07, 6.45) is 9.98. The van der Waals surface area contributed by atoms with Crippen LogP contribution in [0.25, 0.3) is 5.69 Å². The first-order chi connectivity index (χ1) is 19.7. The van der Waals surface area contributed by atoms with Crippen molar-refractivity contribution in [3.05, 3.63) is 72.5 Å². The number of nitrogens with one attached hydrogen (secondary N) is 1. The molecule has 0 spiro atoms. The van der Waals surface area contributed by atoms with E-state index in [1.54, 1.807) is 37.4 Å². The number of H-pyrrole nitrogens is 1. The van der Waals surface area contributed by atoms with Crippen LogP contribution in [0.1, 0.15) is 79.4 Å². The molecular weight excluding hydrogens is 590 g/mol. The SMILES string of the molecule is COc1ccc(Oc2c(C)cc(-n3nc(C(=O)OC4CCC(C5CCCCC5)CC4)c(=O)[nH]c3=O)cc2C)cc1Br. The number of hydrogen-bond acceptors (Lipinski definition) is 7. The minimum absolute atomic E-state index is 0.247. The Morgan fingerprint density at radius 1 is 0.951 bits per heavy atom. The molecule has 41 heavy (non-hydrogen) atoms. The van der Waals surface area contributed by atoms with Crippen molar-refractivity contribution in [2.45, 2.75) is 77.7 Å². The van der Waals surface area contributed by atoms with Gasteiger partial charge in [0.25, 0.3) is 5.56 Å². The zero-order chi connectivity index (χ0) is 29.1. The molecule has 2 aliphatic carbocycles. The van der Waals surface area contributed by atoms with Crippen LogP contribution in [-0.2, 0) is 4.74 Å². The number of aromatic amines is 1. The number of benzene rings is 2. The van der Waals surface area contributed by atoms with Crippen LogP contribution in [0.5, 0.6) is 17.2 Å². The van der Waals surface area contributed by atoms with Crippen molar-refractivity contribution in [2.24, 2.45) is 11.8 Å². The highest BCUT2D eigenvalue weighted by molar-refractivity contribution is 9.10. The van der Waals surface area contributed by atoms with Gasteiger partial charge in [-0.15, -0.1) is 0 Å². The van der Waals surface area contributed by atoms with Crippen LogP contribution in [0.15, 0.2) is 44.4 Å². The summed E-state index contributed by atoms with van der Waals surface area (Å²) in [4.78, 5) is 40.5. The van der Waals surface area contributed by atoms with E-state index in [1.165, 1.54) is 32.1 Å². The number of aryl methyl sites for hydroxylation is 2. The predicted octanol–water partition coefficient (Wildman–Crippen LogP) is 6.40. The predicted molar refractivity (Wildman–Crippen MR) is 158 cm³/mol. The zero-order valence-electron chi connectivity index (χ0n) is 23.7. The van der Waals surface area contributed by atoms with Crippen molar-refractivity contribution >= 4 is 21.9 Å². The Hall–Kier alpha value is -3.40. The van der Waals surface area contributed by atoms with Gasteiger partial charge in [0.15, 0.2) is 0 Å². The number of ether oxygens (including phenoxy) is 3. The molecule has 1 aromatic heterocycles. The molecule has 2 aromatic carbocycles. The van der Waals surface area contributed by atoms with E-state index in [9.17, 15) is 14.4 Å². The molecule has 0 amide bonds. The quantitative estimate of drug-likeness (QED) is 0.302. The highest BCUT2D eigenvalue weighted by atomic mass is 79.9. The average molecular weight is 627 g/mol. The second-order valence-electron chi connectivity index (χ2n) is 11.2. The maximum absolute atomic E-state index is 13.0. The summed E-state index contributed by atoms with van der Waals surface area (Å²) in [6, 6.07) is 8.83. The molecular formula is C31H36BrN3O6. The van der Waals surface area contributed by atoms with E-state index in [0.29, 0.717) is 28.9 Å². The number of carbonyl (C=O) groups is 1. The van der Waals surface area contributed by atoms with Crippen molar-refractivity contribution in [1.29, 1.82) is 0 Å². The number of hydrogen-bond donors (Lipinski definition) is 1. The number of nitrogens with zero attached hydrogens (tertiary/aromatic N) is 2. The minimum Gasteiger partial charge on any atom is -0.496 e. The molecule has 0 saturated heterocycles. The van der Waals surface area contributed by atoms with Crippen molar-refractivity contribution in [3.63, 3.8) is 0 Å². The van der Waals surface area contributed by atoms with E-state index in [0.717, 1.165) is 51.9 Å². The summed E-state index contributed by atoms with van der Waals surface area (Å²) in [7, 11) is 1.59. The van der Waals surface area contributed by atoms with E-state index in [1.807, 2.05) is 13.8 Å². The van der Waals surface area contributed by atoms with Crippen molar-refractivity contribution in [2.75, 3.05) is 7.11 Å². The monoisotopic (exact) mass is 625 g/mol. The van der Waals surface area contributed by atoms with Gasteiger partial charge < -0.3 is 14.2 Å². The van der Waals surface area contributed by atoms with Gasteiger partial charge in [-0.1, -0.05) is 32.1 Å². The lowest BCUT2D eigenvalue weighted by atomic mass is 9.73. The van der Waals surface area contributed by atoms with Gasteiger partial charge in [0.05, 0.1) is 17.3 Å². The Morgan fingerprint density at radius 2 is 1.61 bits per heavy atom. The van der Waals surface area contributed by atoms with E-state index < -0.39 is 22.9 Å². The third-order valence-corrected chi connectivity index (χ3v) is 8.98. The van der Waals surface area contributed by atoms with E-state index in [2.05, 4.69) is 26.0 Å². The van der Waals surface area contributed by atoms with Gasteiger partial charge in [0.2, 0.25) is 5.69 Å². The number of rotatable bonds is 7. The van der Waals surface area contributed by atoms with Crippen molar-refractivity contribution in [3.8, 4) is 22.9 Å². The van der Waals surface area contributed by atoms with Gasteiger partial charge >= 0.3 is 11.7 Å². The summed E-state index contributed by atoms with van der Waals surface area (Å²) in [5, 5.41) is 4.15. The van der Waals surface area contributed by atoms with Crippen LogP contribution < -0.4 is 20.7 Å². The second-order valence-corrected chi connectivity index (χ2v) is 12.0. The molecule has 0 unspecified atom stereocenters. The van der Waals surface area contributed by atoms with Crippen molar-refractivity contribution in [1.82, 2.24) is 14.8 Å². The molecule has 2 aliphatic rings. The first-order valence-electron chi connectivity index (χ1n) is 14.3. The van der Waals surface area contributed by atoms with Gasteiger partial charge in [-0.3, -0.25) is 9.78 Å². The van der Waals surface area contributed by atoms with Crippen LogP contribution in [-0.4, -0.2) is 33.9 Å². The number of methoxy groups -OCH3 is 1. The third-order valence-electron chi connectivity index (χ3n) is 8.36. The van der Waals surface area contributed by atoms with Gasteiger partial charge in [0, 0.05) is 0 Å². The van der Waals surface area contributed by atoms with Gasteiger partial charge in [-0.2, -0.15) is 9.78 Å². The highest BCUT2D eigenvalue weighted by Gasteiger charge is 2.31. The largest absolute Gasteiger partial charge is 0.496 e. The Bertz CT molecular complexity index is 1510. The summed E-state index contributed by atoms with van der Waals surface area (Å²) in [5.74, 6) is 2.58. The highest BCUT2D eigenvalue weighted by Crippen LogP contribution is 2.39. The number of aromatic nitrogens is 3. The van der Waals surface area contributed by atoms with Crippen LogP contribution >= 0.6 is 15.9 Å². The summed E-state index contributed by atoms with van der Waals surface area (Å²) < 4.78 is 18.9. The first-order valence-corrected chi connectivity index (χ1v) is 15.1. The number of esters is 1. The molecule has 10 heteroatoms. The lowest BCUT2D eigenvalue weighted by molar-refractivity contribution is 0.0107. The molecule has 5 rings (SSSR count). The molecule has 0 radical (unpaired) electrons. The van der Waals surface area contributed by atoms with Crippen molar-refractivity contribution < 1.29 is 19.0 Å². The molecule has 0 aliphatic heterocycles. The Morgan fingerprint density at radius 3 is 2.24 bits per heavy atom. The topological polar surface area (TPSA) is 113 Å². The molecule has 2 saturated carbocycles. The van der Waals surface area contributed by atoms with E-state index in [4.69, 9.17) is 14.2 Å². The standard InChI is InChI=1S/C31H36BrN3O6/c1-18-15-22(16-19(2)28(18)40-24-13-14-26(39-3)25(32)17-24)35-31(38)33-29(36)27(34-35)30(37)41-23-11-9-21(10-12-23)20-7-5-4-6-8-20/h13-17,20-21,23H,4-12H2,1-3H3,(H,33,36,38). The Labute approximate surface area is 247 Å². The lowest BCUT2D eigenvalue weighted by Crippen LogP contribution is -2.37. The van der Waals surface area contributed by atoms with E-state index in [-0.39, 0.29) is 6.10 Å².